The van der Waals surface area contributed by atoms with E-state index in [2.05, 4.69) is 15.4 Å². The third-order valence-electron chi connectivity index (χ3n) is 3.87. The smallest absolute Gasteiger partial charge is 0.243 e. The van der Waals surface area contributed by atoms with E-state index in [4.69, 9.17) is 23.2 Å². The van der Waals surface area contributed by atoms with Crippen molar-refractivity contribution in [3.05, 3.63) is 44.0 Å². The number of anilines is 1. The van der Waals surface area contributed by atoms with Crippen molar-refractivity contribution in [2.75, 3.05) is 5.32 Å². The molecule has 8 heteroatoms. The van der Waals surface area contributed by atoms with Crippen molar-refractivity contribution in [2.45, 2.75) is 39.4 Å². The van der Waals surface area contributed by atoms with Gasteiger partial charge in [-0.25, -0.2) is 8.91 Å². The van der Waals surface area contributed by atoms with E-state index in [9.17, 15) is 4.39 Å². The number of aryl methyl sites for hydroxylation is 1. The highest BCUT2D eigenvalue weighted by Crippen LogP contribution is 2.32. The summed E-state index contributed by atoms with van der Waals surface area (Å²) >= 11 is 14.2. The monoisotopic (exact) mass is 386 g/mol. The standard InChI is InChI=1S/C16H17Cl2FN4S/c1-9(19)5-6-12-10(2)13-15(20-8-11-4-3-7-24-11)21-16(18)22-23(13)14(12)17/h3-4,7,9H,5-6,8H2,1-2H3,(H,20,21,22). The van der Waals surface area contributed by atoms with Gasteiger partial charge in [0.15, 0.2) is 5.82 Å². The molecule has 0 radical (unpaired) electrons. The average Bonchev–Trinajstić information content (AvgIpc) is 3.12. The molecule has 0 aliphatic heterocycles. The number of thiophene rings is 1. The van der Waals surface area contributed by atoms with Crippen LogP contribution in [0.4, 0.5) is 10.2 Å². The lowest BCUT2D eigenvalue weighted by molar-refractivity contribution is 0.341. The van der Waals surface area contributed by atoms with Crippen LogP contribution >= 0.6 is 34.5 Å². The quantitative estimate of drug-likeness (QED) is 0.623. The first-order valence-corrected chi connectivity index (χ1v) is 9.24. The van der Waals surface area contributed by atoms with Crippen molar-refractivity contribution < 1.29 is 4.39 Å². The number of rotatable bonds is 6. The normalized spacial score (nSPS) is 12.7. The minimum atomic E-state index is -0.880. The van der Waals surface area contributed by atoms with Gasteiger partial charge in [0.1, 0.15) is 10.7 Å². The van der Waals surface area contributed by atoms with Gasteiger partial charge in [-0.05, 0) is 60.9 Å². The molecule has 0 amide bonds. The summed E-state index contributed by atoms with van der Waals surface area (Å²) in [4.78, 5) is 5.49. The predicted molar refractivity (Wildman–Crippen MR) is 98.3 cm³/mol. The maximum atomic E-state index is 13.2. The van der Waals surface area contributed by atoms with Crippen molar-refractivity contribution in [1.82, 2.24) is 14.6 Å². The molecule has 0 saturated heterocycles. The molecule has 1 unspecified atom stereocenters. The van der Waals surface area contributed by atoms with Gasteiger partial charge in [0.25, 0.3) is 0 Å². The second-order valence-corrected chi connectivity index (χ2v) is 7.36. The molecule has 0 bridgehead atoms. The van der Waals surface area contributed by atoms with Crippen LogP contribution in [0.25, 0.3) is 5.52 Å². The van der Waals surface area contributed by atoms with E-state index >= 15 is 0 Å². The number of hydrogen-bond donors (Lipinski definition) is 1. The van der Waals surface area contributed by atoms with Gasteiger partial charge in [0.2, 0.25) is 5.28 Å². The second-order valence-electron chi connectivity index (χ2n) is 5.64. The van der Waals surface area contributed by atoms with Crippen LogP contribution in [-0.4, -0.2) is 20.8 Å². The summed E-state index contributed by atoms with van der Waals surface area (Å²) in [6.45, 7) is 4.14. The lowest BCUT2D eigenvalue weighted by Crippen LogP contribution is -2.05. The highest BCUT2D eigenvalue weighted by Gasteiger charge is 2.20. The first-order valence-electron chi connectivity index (χ1n) is 7.61. The number of nitrogens with zero attached hydrogens (tertiary/aromatic N) is 3. The van der Waals surface area contributed by atoms with E-state index in [-0.39, 0.29) is 5.28 Å². The van der Waals surface area contributed by atoms with Gasteiger partial charge >= 0.3 is 0 Å². The van der Waals surface area contributed by atoms with Gasteiger partial charge in [0, 0.05) is 4.88 Å². The van der Waals surface area contributed by atoms with Gasteiger partial charge in [-0.1, -0.05) is 17.7 Å². The summed E-state index contributed by atoms with van der Waals surface area (Å²) in [6, 6.07) is 4.05. The fourth-order valence-electron chi connectivity index (χ4n) is 2.65. The molecule has 0 fully saturated rings. The van der Waals surface area contributed by atoms with E-state index in [0.717, 1.165) is 16.6 Å². The molecular formula is C16H17Cl2FN4S. The highest BCUT2D eigenvalue weighted by atomic mass is 35.5. The molecule has 4 nitrogen and oxygen atoms in total. The Labute approximate surface area is 153 Å². The molecule has 3 rings (SSSR count). The molecule has 3 heterocycles. The molecule has 3 aromatic rings. The average molecular weight is 387 g/mol. The minimum absolute atomic E-state index is 0.110. The maximum Gasteiger partial charge on any atom is 0.243 e. The number of aromatic nitrogens is 3. The maximum absolute atomic E-state index is 13.2. The van der Waals surface area contributed by atoms with Crippen LogP contribution in [-0.2, 0) is 13.0 Å². The number of nitrogens with one attached hydrogen (secondary N) is 1. The number of alkyl halides is 1. The minimum Gasteiger partial charge on any atom is -0.363 e. The van der Waals surface area contributed by atoms with E-state index in [1.165, 1.54) is 4.88 Å². The fraction of sp³-hybridized carbons (Fsp3) is 0.375. The molecule has 0 aromatic carbocycles. The lowest BCUT2D eigenvalue weighted by atomic mass is 10.1. The third-order valence-corrected chi connectivity index (χ3v) is 5.29. The molecule has 3 aromatic heterocycles. The van der Waals surface area contributed by atoms with E-state index in [1.54, 1.807) is 22.8 Å². The zero-order valence-corrected chi connectivity index (χ0v) is 15.6. The van der Waals surface area contributed by atoms with Gasteiger partial charge in [-0.3, -0.25) is 0 Å². The van der Waals surface area contributed by atoms with Gasteiger partial charge < -0.3 is 5.32 Å². The fourth-order valence-corrected chi connectivity index (χ4v) is 3.81. The Morgan fingerprint density at radius 1 is 1.42 bits per heavy atom. The van der Waals surface area contributed by atoms with Gasteiger partial charge in [-0.15, -0.1) is 16.4 Å². The Hall–Kier alpha value is -1.37. The Morgan fingerprint density at radius 3 is 2.88 bits per heavy atom. The summed E-state index contributed by atoms with van der Waals surface area (Å²) in [5, 5.41) is 10.1. The molecule has 1 atom stereocenters. The first kappa shape index (κ1) is 17.5. The van der Waals surface area contributed by atoms with E-state index < -0.39 is 6.17 Å². The van der Waals surface area contributed by atoms with Gasteiger partial charge in [0.05, 0.1) is 12.7 Å². The molecule has 1 N–H and O–H groups in total. The van der Waals surface area contributed by atoms with Crippen molar-refractivity contribution in [2.24, 2.45) is 0 Å². The van der Waals surface area contributed by atoms with Crippen molar-refractivity contribution >= 4 is 45.9 Å². The van der Waals surface area contributed by atoms with E-state index in [0.29, 0.717) is 30.4 Å². The highest BCUT2D eigenvalue weighted by molar-refractivity contribution is 7.09. The Balaban J connectivity index is 2.00. The largest absolute Gasteiger partial charge is 0.363 e. The number of halogens is 3. The number of hydrogen-bond acceptors (Lipinski definition) is 4. The van der Waals surface area contributed by atoms with Gasteiger partial charge in [-0.2, -0.15) is 4.98 Å². The Morgan fingerprint density at radius 2 is 2.21 bits per heavy atom. The molecule has 0 aliphatic rings. The molecule has 0 saturated carbocycles. The Kier molecular flexibility index (Phi) is 5.27. The zero-order valence-electron chi connectivity index (χ0n) is 13.3. The molecular weight excluding hydrogens is 370 g/mol. The Bertz CT molecular complexity index is 846. The second kappa shape index (κ2) is 7.25. The van der Waals surface area contributed by atoms with Crippen LogP contribution in [0, 0.1) is 6.92 Å². The topological polar surface area (TPSA) is 42.2 Å². The van der Waals surface area contributed by atoms with Crippen LogP contribution in [0.1, 0.15) is 29.3 Å². The molecule has 128 valence electrons. The summed E-state index contributed by atoms with van der Waals surface area (Å²) in [6.07, 6.45) is 0.0825. The van der Waals surface area contributed by atoms with Crippen LogP contribution < -0.4 is 5.32 Å². The summed E-state index contributed by atoms with van der Waals surface area (Å²) in [5.41, 5.74) is 2.62. The number of fused-ring (bicyclic) bond motifs is 1. The van der Waals surface area contributed by atoms with Crippen LogP contribution in [0.3, 0.4) is 0 Å². The molecule has 24 heavy (non-hydrogen) atoms. The molecule has 0 aliphatic carbocycles. The van der Waals surface area contributed by atoms with Crippen molar-refractivity contribution in [1.29, 1.82) is 0 Å². The predicted octanol–water partition coefficient (Wildman–Crippen LogP) is 5.31. The lowest BCUT2D eigenvalue weighted by Gasteiger charge is -2.07. The van der Waals surface area contributed by atoms with Crippen molar-refractivity contribution in [3.63, 3.8) is 0 Å². The van der Waals surface area contributed by atoms with Crippen LogP contribution in [0.2, 0.25) is 10.4 Å². The summed E-state index contributed by atoms with van der Waals surface area (Å²) in [5.74, 6) is 0.627. The first-order chi connectivity index (χ1) is 11.5. The van der Waals surface area contributed by atoms with Crippen LogP contribution in [0.5, 0.6) is 0 Å². The third kappa shape index (κ3) is 3.50. The molecule has 0 spiro atoms. The summed E-state index contributed by atoms with van der Waals surface area (Å²) in [7, 11) is 0. The SMILES string of the molecule is Cc1c(CCC(C)F)c(Cl)n2nc(Cl)nc(NCc3cccs3)c12. The van der Waals surface area contributed by atoms with Crippen molar-refractivity contribution in [3.8, 4) is 0 Å². The van der Waals surface area contributed by atoms with E-state index in [1.807, 2.05) is 24.4 Å². The summed E-state index contributed by atoms with van der Waals surface area (Å²) < 4.78 is 14.8. The van der Waals surface area contributed by atoms with Crippen LogP contribution in [0.15, 0.2) is 17.5 Å². The zero-order chi connectivity index (χ0) is 17.3.